The molecule has 0 aromatic heterocycles. The predicted octanol–water partition coefficient (Wildman–Crippen LogP) is 4.35. The van der Waals surface area contributed by atoms with Gasteiger partial charge in [-0.2, -0.15) is 0 Å². The van der Waals surface area contributed by atoms with Gasteiger partial charge in [0.1, 0.15) is 0 Å². The number of hydrogen-bond acceptors (Lipinski definition) is 0. The molecular formula is C12H12Cl4Si2. The molecule has 0 bridgehead atoms. The van der Waals surface area contributed by atoms with Crippen molar-refractivity contribution >= 4 is 78.8 Å². The van der Waals surface area contributed by atoms with E-state index in [1.807, 2.05) is 49.5 Å². The van der Waals surface area contributed by atoms with Crippen molar-refractivity contribution < 1.29 is 0 Å². The predicted molar refractivity (Wildman–Crippen MR) is 89.9 cm³/mol. The molecule has 0 fully saturated rings. The first-order valence-corrected chi connectivity index (χ1v) is 14.5. The van der Waals surface area contributed by atoms with Crippen molar-refractivity contribution in [3.05, 3.63) is 36.4 Å². The van der Waals surface area contributed by atoms with Crippen molar-refractivity contribution in [3.63, 3.8) is 0 Å². The summed E-state index contributed by atoms with van der Waals surface area (Å²) in [5, 5.41) is 4.15. The first-order valence-electron chi connectivity index (χ1n) is 5.49. The minimum Gasteiger partial charge on any atom is -0.140 e. The van der Waals surface area contributed by atoms with E-state index in [0.717, 1.165) is 21.1 Å². The van der Waals surface area contributed by atoms with Crippen LogP contribution in [0.4, 0.5) is 0 Å². The van der Waals surface area contributed by atoms with E-state index in [9.17, 15) is 0 Å². The van der Waals surface area contributed by atoms with Crippen LogP contribution in [0.25, 0.3) is 10.8 Å². The third-order valence-corrected chi connectivity index (χ3v) is 8.08. The molecule has 0 heterocycles. The summed E-state index contributed by atoms with van der Waals surface area (Å²) in [7, 11) is 0. The van der Waals surface area contributed by atoms with Gasteiger partial charge < -0.3 is 0 Å². The van der Waals surface area contributed by atoms with Gasteiger partial charge in [0.15, 0.2) is 0 Å². The highest BCUT2D eigenvalue weighted by Crippen LogP contribution is 2.24. The Hall–Kier alpha value is 0.294. The van der Waals surface area contributed by atoms with E-state index in [4.69, 9.17) is 44.3 Å². The third kappa shape index (κ3) is 2.89. The van der Waals surface area contributed by atoms with Gasteiger partial charge >= 0.3 is 0 Å². The molecule has 0 N–H and O–H groups in total. The van der Waals surface area contributed by atoms with Gasteiger partial charge in [0.2, 0.25) is 0 Å². The van der Waals surface area contributed by atoms with E-state index in [-0.39, 0.29) is 0 Å². The molecule has 2 rings (SSSR count). The summed E-state index contributed by atoms with van der Waals surface area (Å²) >= 11 is 25.4. The Labute approximate surface area is 128 Å². The highest BCUT2D eigenvalue weighted by molar-refractivity contribution is 7.51. The molecule has 0 saturated carbocycles. The zero-order chi connectivity index (χ0) is 13.6. The van der Waals surface area contributed by atoms with Crippen LogP contribution in [0.5, 0.6) is 0 Å². The normalized spacial score (nSPS) is 13.0. The molecule has 2 aromatic carbocycles. The second-order valence-electron chi connectivity index (χ2n) is 4.48. The molecular weight excluding hydrogens is 342 g/mol. The zero-order valence-corrected chi connectivity index (χ0v) is 15.0. The summed E-state index contributed by atoms with van der Waals surface area (Å²) < 4.78 is 0. The molecule has 0 amide bonds. The van der Waals surface area contributed by atoms with Gasteiger partial charge in [-0.3, -0.25) is 0 Å². The second kappa shape index (κ2) is 5.00. The molecule has 0 aliphatic rings. The quantitative estimate of drug-likeness (QED) is 0.556. The molecule has 96 valence electrons. The molecule has 0 saturated heterocycles. The van der Waals surface area contributed by atoms with Gasteiger partial charge in [0.05, 0.1) is 0 Å². The van der Waals surface area contributed by atoms with E-state index >= 15 is 0 Å². The molecule has 18 heavy (non-hydrogen) atoms. The Morgan fingerprint density at radius 2 is 1.00 bits per heavy atom. The fourth-order valence-electron chi connectivity index (χ4n) is 2.06. The van der Waals surface area contributed by atoms with E-state index in [2.05, 4.69) is 0 Å². The molecule has 0 atom stereocenters. The highest BCUT2D eigenvalue weighted by Gasteiger charge is 2.31. The summed E-state index contributed by atoms with van der Waals surface area (Å²) in [5.74, 6) is 0. The Bertz CT molecular complexity index is 532. The first-order chi connectivity index (χ1) is 8.21. The van der Waals surface area contributed by atoms with Gasteiger partial charge in [-0.25, -0.2) is 0 Å². The fourth-order valence-corrected chi connectivity index (χ4v) is 6.18. The standard InChI is InChI=1S/C12H12Cl4Si2/c1-17(13,14)11-7-8-12(18(2,15)16)10-6-4-3-5-9(10)11/h3-8H,1-2H3. The lowest BCUT2D eigenvalue weighted by Crippen LogP contribution is -2.39. The Morgan fingerprint density at radius 3 is 1.28 bits per heavy atom. The van der Waals surface area contributed by atoms with Crippen molar-refractivity contribution in [2.75, 3.05) is 0 Å². The monoisotopic (exact) mass is 352 g/mol. The van der Waals surface area contributed by atoms with Crippen molar-refractivity contribution in [2.24, 2.45) is 0 Å². The molecule has 0 nitrogen and oxygen atoms in total. The van der Waals surface area contributed by atoms with Gasteiger partial charge in [-0.1, -0.05) is 36.4 Å². The fraction of sp³-hybridized carbons (Fsp3) is 0.167. The van der Waals surface area contributed by atoms with Crippen LogP contribution < -0.4 is 10.4 Å². The van der Waals surface area contributed by atoms with Crippen LogP contribution in [0.1, 0.15) is 0 Å². The van der Waals surface area contributed by atoms with Crippen LogP contribution >= 0.6 is 44.3 Å². The van der Waals surface area contributed by atoms with Gasteiger partial charge in [0, 0.05) is 0 Å². The van der Waals surface area contributed by atoms with Gasteiger partial charge in [0.25, 0.3) is 13.4 Å². The molecule has 0 aliphatic carbocycles. The van der Waals surface area contributed by atoms with E-state index in [0.29, 0.717) is 0 Å². The molecule has 0 radical (unpaired) electrons. The van der Waals surface area contributed by atoms with Crippen LogP contribution in [0.2, 0.25) is 13.1 Å². The minimum atomic E-state index is -2.41. The maximum Gasteiger partial charge on any atom is 0.278 e. The topological polar surface area (TPSA) is 0 Å². The number of benzene rings is 2. The van der Waals surface area contributed by atoms with Crippen molar-refractivity contribution in [3.8, 4) is 0 Å². The smallest absolute Gasteiger partial charge is 0.140 e. The number of hydrogen-bond donors (Lipinski definition) is 0. The van der Waals surface area contributed by atoms with Crippen LogP contribution in [-0.2, 0) is 0 Å². The lowest BCUT2D eigenvalue weighted by Gasteiger charge is -2.19. The molecule has 0 spiro atoms. The highest BCUT2D eigenvalue weighted by atomic mass is 35.7. The van der Waals surface area contributed by atoms with Crippen LogP contribution in [0, 0.1) is 0 Å². The van der Waals surface area contributed by atoms with E-state index in [1.54, 1.807) is 0 Å². The second-order valence-corrected chi connectivity index (χ2v) is 19.3. The molecule has 0 unspecified atom stereocenters. The molecule has 6 heteroatoms. The van der Waals surface area contributed by atoms with E-state index in [1.165, 1.54) is 0 Å². The van der Waals surface area contributed by atoms with Gasteiger partial charge in [-0.15, -0.1) is 44.3 Å². The maximum absolute atomic E-state index is 6.35. The number of fused-ring (bicyclic) bond motifs is 1. The lowest BCUT2D eigenvalue weighted by molar-refractivity contribution is 1.79. The van der Waals surface area contributed by atoms with Crippen molar-refractivity contribution in [1.82, 2.24) is 0 Å². The number of rotatable bonds is 2. The summed E-state index contributed by atoms with van der Waals surface area (Å²) in [6.45, 7) is -1.02. The van der Waals surface area contributed by atoms with E-state index < -0.39 is 13.4 Å². The van der Waals surface area contributed by atoms with Crippen LogP contribution in [0.3, 0.4) is 0 Å². The largest absolute Gasteiger partial charge is 0.278 e. The summed E-state index contributed by atoms with van der Waals surface area (Å²) in [4.78, 5) is 0. The number of halogens is 4. The van der Waals surface area contributed by atoms with Crippen LogP contribution in [-0.4, -0.2) is 13.4 Å². The lowest BCUT2D eigenvalue weighted by atomic mass is 10.1. The third-order valence-electron chi connectivity index (χ3n) is 2.87. The Balaban J connectivity index is 2.83. The summed E-state index contributed by atoms with van der Waals surface area (Å²) in [6.07, 6.45) is 0. The average molecular weight is 354 g/mol. The molecule has 2 aromatic rings. The van der Waals surface area contributed by atoms with Gasteiger partial charge in [-0.05, 0) is 34.2 Å². The van der Waals surface area contributed by atoms with Crippen molar-refractivity contribution in [1.29, 1.82) is 0 Å². The zero-order valence-electron chi connectivity index (χ0n) is 9.98. The molecule has 0 aliphatic heterocycles. The Kier molecular flexibility index (Phi) is 4.09. The first kappa shape index (κ1) is 14.7. The summed E-state index contributed by atoms with van der Waals surface area (Å²) in [5.41, 5.74) is 0. The summed E-state index contributed by atoms with van der Waals surface area (Å²) in [6, 6.07) is 12.0. The Morgan fingerprint density at radius 1 is 0.667 bits per heavy atom. The van der Waals surface area contributed by atoms with Crippen LogP contribution in [0.15, 0.2) is 36.4 Å². The SMILES string of the molecule is C[Si](Cl)(Cl)c1ccc([Si](C)(Cl)Cl)c2ccccc12. The minimum absolute atomic E-state index is 1.01. The maximum atomic E-state index is 6.35. The van der Waals surface area contributed by atoms with Crippen molar-refractivity contribution in [2.45, 2.75) is 13.1 Å². The average Bonchev–Trinajstić information content (AvgIpc) is 2.24.